The van der Waals surface area contributed by atoms with Crippen LogP contribution in [0.1, 0.15) is 0 Å². The molecule has 0 N–H and O–H groups in total. The highest BCUT2D eigenvalue weighted by Gasteiger charge is 2.25. The summed E-state index contributed by atoms with van der Waals surface area (Å²) in [7, 11) is 0. The molecule has 0 aromatic heterocycles. The molecule has 0 amide bonds. The minimum Gasteiger partial charge on any atom is -0.484 e. The average molecular weight is 213 g/mol. The molecule has 1 aromatic carbocycles. The van der Waals surface area contributed by atoms with Crippen molar-refractivity contribution in [3.63, 3.8) is 0 Å². The summed E-state index contributed by atoms with van der Waals surface area (Å²) in [5, 5.41) is 10.6. The number of benzene rings is 1. The third-order valence-electron chi connectivity index (χ3n) is 1.94. The zero-order valence-corrected chi connectivity index (χ0v) is 7.68. The van der Waals surface area contributed by atoms with Crippen LogP contribution >= 0.6 is 0 Å². The van der Waals surface area contributed by atoms with Gasteiger partial charge in [0.15, 0.2) is 5.75 Å². The molecule has 1 atom stereocenters. The second-order valence-electron chi connectivity index (χ2n) is 3.14. The molecule has 1 aliphatic rings. The molecule has 1 saturated heterocycles. The van der Waals surface area contributed by atoms with Crippen LogP contribution in [0.5, 0.6) is 5.75 Å². The van der Waals surface area contributed by atoms with Gasteiger partial charge in [-0.15, -0.1) is 0 Å². The van der Waals surface area contributed by atoms with Crippen molar-refractivity contribution in [2.24, 2.45) is 0 Å². The maximum atomic E-state index is 12.7. The Labute approximate surface area is 84.6 Å². The summed E-state index contributed by atoms with van der Waals surface area (Å²) in [5.74, 6) is -0.589. The minimum absolute atomic E-state index is 0.00894. The molecule has 0 aliphatic carbocycles. The van der Waals surface area contributed by atoms with Gasteiger partial charge in [-0.1, -0.05) is 0 Å². The van der Waals surface area contributed by atoms with Gasteiger partial charge in [-0.3, -0.25) is 10.1 Å². The molecule has 0 bridgehead atoms. The van der Waals surface area contributed by atoms with Gasteiger partial charge in [-0.05, 0) is 12.1 Å². The van der Waals surface area contributed by atoms with Crippen LogP contribution in [0.25, 0.3) is 0 Å². The number of halogens is 1. The lowest BCUT2D eigenvalue weighted by atomic mass is 10.3. The van der Waals surface area contributed by atoms with E-state index in [-0.39, 0.29) is 24.1 Å². The first-order chi connectivity index (χ1) is 7.16. The predicted molar refractivity (Wildman–Crippen MR) is 48.3 cm³/mol. The molecule has 1 unspecified atom stereocenters. The SMILES string of the molecule is O=[N+]([O-])c1cc(F)ccc1OCC1CO1. The molecule has 1 heterocycles. The number of nitrogens with zero attached hydrogens (tertiary/aromatic N) is 1. The summed E-state index contributed by atoms with van der Waals surface area (Å²) >= 11 is 0. The molecule has 6 heteroatoms. The van der Waals surface area contributed by atoms with Gasteiger partial charge in [0.25, 0.3) is 0 Å². The van der Waals surface area contributed by atoms with E-state index < -0.39 is 10.7 Å². The van der Waals surface area contributed by atoms with E-state index in [2.05, 4.69) is 0 Å². The lowest BCUT2D eigenvalue weighted by molar-refractivity contribution is -0.386. The van der Waals surface area contributed by atoms with Crippen LogP contribution in [-0.2, 0) is 4.74 Å². The van der Waals surface area contributed by atoms with Crippen molar-refractivity contribution in [3.05, 3.63) is 34.1 Å². The average Bonchev–Trinajstić information content (AvgIpc) is 2.99. The first kappa shape index (κ1) is 9.85. The van der Waals surface area contributed by atoms with Crippen molar-refractivity contribution in [1.82, 2.24) is 0 Å². The number of hydrogen-bond donors (Lipinski definition) is 0. The van der Waals surface area contributed by atoms with E-state index in [0.29, 0.717) is 6.61 Å². The third kappa shape index (κ3) is 2.41. The highest BCUT2D eigenvalue weighted by molar-refractivity contribution is 5.46. The lowest BCUT2D eigenvalue weighted by Gasteiger charge is -2.04. The van der Waals surface area contributed by atoms with Gasteiger partial charge in [-0.2, -0.15) is 0 Å². The van der Waals surface area contributed by atoms with Gasteiger partial charge in [-0.25, -0.2) is 4.39 Å². The fourth-order valence-electron chi connectivity index (χ4n) is 1.10. The van der Waals surface area contributed by atoms with Crippen molar-refractivity contribution in [2.45, 2.75) is 6.10 Å². The topological polar surface area (TPSA) is 64.9 Å². The summed E-state index contributed by atoms with van der Waals surface area (Å²) in [6.45, 7) is 0.863. The normalized spacial score (nSPS) is 18.6. The highest BCUT2D eigenvalue weighted by atomic mass is 19.1. The molecule has 1 aliphatic heterocycles. The summed E-state index contributed by atoms with van der Waals surface area (Å²) < 4.78 is 22.8. The van der Waals surface area contributed by atoms with Crippen LogP contribution in [0.2, 0.25) is 0 Å². The Morgan fingerprint density at radius 2 is 2.40 bits per heavy atom. The molecule has 1 fully saturated rings. The second-order valence-corrected chi connectivity index (χ2v) is 3.14. The van der Waals surface area contributed by atoms with Crippen LogP contribution in [0.3, 0.4) is 0 Å². The Balaban J connectivity index is 2.15. The fraction of sp³-hybridized carbons (Fsp3) is 0.333. The van der Waals surface area contributed by atoms with E-state index in [1.165, 1.54) is 6.07 Å². The van der Waals surface area contributed by atoms with Crippen LogP contribution in [0.4, 0.5) is 10.1 Å². The molecule has 0 spiro atoms. The molecule has 0 radical (unpaired) electrons. The summed E-state index contributed by atoms with van der Waals surface area (Å²) in [6, 6.07) is 3.20. The maximum absolute atomic E-state index is 12.7. The second kappa shape index (κ2) is 3.82. The first-order valence-corrected chi connectivity index (χ1v) is 4.35. The van der Waals surface area contributed by atoms with E-state index in [0.717, 1.165) is 12.1 Å². The number of ether oxygens (including phenoxy) is 2. The number of nitro benzene ring substituents is 1. The molecule has 80 valence electrons. The summed E-state index contributed by atoms with van der Waals surface area (Å²) in [5.41, 5.74) is -0.365. The first-order valence-electron chi connectivity index (χ1n) is 4.35. The van der Waals surface area contributed by atoms with E-state index in [1.54, 1.807) is 0 Å². The van der Waals surface area contributed by atoms with Crippen molar-refractivity contribution in [1.29, 1.82) is 0 Å². The molecule has 2 rings (SSSR count). The highest BCUT2D eigenvalue weighted by Crippen LogP contribution is 2.28. The van der Waals surface area contributed by atoms with Crippen molar-refractivity contribution < 1.29 is 18.8 Å². The molecular formula is C9H8FNO4. The van der Waals surface area contributed by atoms with Crippen molar-refractivity contribution in [3.8, 4) is 5.75 Å². The van der Waals surface area contributed by atoms with E-state index >= 15 is 0 Å². The number of nitro groups is 1. The van der Waals surface area contributed by atoms with E-state index in [4.69, 9.17) is 9.47 Å². The standard InChI is InChI=1S/C9H8FNO4/c10-6-1-2-9(8(3-6)11(12)13)15-5-7-4-14-7/h1-3,7H,4-5H2. The Morgan fingerprint density at radius 3 is 3.00 bits per heavy atom. The quantitative estimate of drug-likeness (QED) is 0.432. The zero-order chi connectivity index (χ0) is 10.8. The van der Waals surface area contributed by atoms with Gasteiger partial charge in [0.1, 0.15) is 18.5 Å². The van der Waals surface area contributed by atoms with Crippen LogP contribution in [0, 0.1) is 15.9 Å². The zero-order valence-electron chi connectivity index (χ0n) is 7.68. The Morgan fingerprint density at radius 1 is 1.67 bits per heavy atom. The minimum atomic E-state index is -0.674. The largest absolute Gasteiger partial charge is 0.484 e. The molecule has 1 aromatic rings. The molecule has 15 heavy (non-hydrogen) atoms. The maximum Gasteiger partial charge on any atom is 0.313 e. The summed E-state index contributed by atoms with van der Waals surface area (Å²) in [6.07, 6.45) is 0.00894. The van der Waals surface area contributed by atoms with Crippen molar-refractivity contribution >= 4 is 5.69 Å². The van der Waals surface area contributed by atoms with Gasteiger partial charge < -0.3 is 9.47 Å². The number of rotatable bonds is 4. The smallest absolute Gasteiger partial charge is 0.313 e. The fourth-order valence-corrected chi connectivity index (χ4v) is 1.10. The Kier molecular flexibility index (Phi) is 2.51. The Hall–Kier alpha value is -1.69. The monoisotopic (exact) mass is 213 g/mol. The lowest BCUT2D eigenvalue weighted by Crippen LogP contribution is -2.06. The van der Waals surface area contributed by atoms with Gasteiger partial charge in [0.2, 0.25) is 0 Å². The van der Waals surface area contributed by atoms with Crippen molar-refractivity contribution in [2.75, 3.05) is 13.2 Å². The third-order valence-corrected chi connectivity index (χ3v) is 1.94. The predicted octanol–water partition coefficient (Wildman–Crippen LogP) is 1.51. The van der Waals surface area contributed by atoms with Gasteiger partial charge in [0, 0.05) is 0 Å². The van der Waals surface area contributed by atoms with E-state index in [9.17, 15) is 14.5 Å². The van der Waals surface area contributed by atoms with E-state index in [1.807, 2.05) is 0 Å². The molecule has 5 nitrogen and oxygen atoms in total. The Bertz CT molecular complexity index is 392. The van der Waals surface area contributed by atoms with Gasteiger partial charge in [0.05, 0.1) is 17.6 Å². The molecule has 0 saturated carbocycles. The summed E-state index contributed by atoms with van der Waals surface area (Å²) in [4.78, 5) is 9.89. The van der Waals surface area contributed by atoms with Crippen LogP contribution in [0.15, 0.2) is 18.2 Å². The van der Waals surface area contributed by atoms with Crippen LogP contribution < -0.4 is 4.74 Å². The van der Waals surface area contributed by atoms with Gasteiger partial charge >= 0.3 is 5.69 Å². The van der Waals surface area contributed by atoms with Crippen LogP contribution in [-0.4, -0.2) is 24.2 Å². The number of epoxide rings is 1. The number of hydrogen-bond acceptors (Lipinski definition) is 4. The molecular weight excluding hydrogens is 205 g/mol.